The van der Waals surface area contributed by atoms with Gasteiger partial charge in [-0.15, -0.1) is 0 Å². The number of primary amides is 1. The maximum Gasteiger partial charge on any atom is 0.265 e. The SMILES string of the molecule is NC(=O)CCCNC(=O)[C@@H](Oc1ccc(Cl)cc1)c1ccccc1. The van der Waals surface area contributed by atoms with Gasteiger partial charge < -0.3 is 15.8 Å². The van der Waals surface area contributed by atoms with Crippen molar-refractivity contribution in [3.63, 3.8) is 0 Å². The van der Waals surface area contributed by atoms with Crippen LogP contribution in [-0.4, -0.2) is 18.4 Å². The molecule has 2 rings (SSSR count). The molecule has 1 atom stereocenters. The normalized spacial score (nSPS) is 11.5. The van der Waals surface area contributed by atoms with Crippen molar-refractivity contribution in [2.24, 2.45) is 5.73 Å². The molecular formula is C18H19ClN2O3. The van der Waals surface area contributed by atoms with Crippen LogP contribution in [0.15, 0.2) is 54.6 Å². The van der Waals surface area contributed by atoms with Gasteiger partial charge in [0.1, 0.15) is 5.75 Å². The Hall–Kier alpha value is -2.53. The second kappa shape index (κ2) is 8.93. The highest BCUT2D eigenvalue weighted by atomic mass is 35.5. The topological polar surface area (TPSA) is 81.4 Å². The summed E-state index contributed by atoms with van der Waals surface area (Å²) in [5, 5.41) is 3.36. The lowest BCUT2D eigenvalue weighted by molar-refractivity contribution is -0.128. The van der Waals surface area contributed by atoms with Crippen molar-refractivity contribution in [2.45, 2.75) is 18.9 Å². The molecule has 24 heavy (non-hydrogen) atoms. The molecule has 0 radical (unpaired) electrons. The van der Waals surface area contributed by atoms with Crippen LogP contribution in [0.3, 0.4) is 0 Å². The van der Waals surface area contributed by atoms with Crippen LogP contribution in [0.5, 0.6) is 5.75 Å². The monoisotopic (exact) mass is 346 g/mol. The zero-order valence-electron chi connectivity index (χ0n) is 13.1. The molecule has 0 aliphatic rings. The molecule has 5 nitrogen and oxygen atoms in total. The quantitative estimate of drug-likeness (QED) is 0.721. The molecule has 0 saturated heterocycles. The van der Waals surface area contributed by atoms with Gasteiger partial charge in [0.05, 0.1) is 0 Å². The largest absolute Gasteiger partial charge is 0.476 e. The van der Waals surface area contributed by atoms with Crippen LogP contribution in [-0.2, 0) is 9.59 Å². The van der Waals surface area contributed by atoms with Crippen LogP contribution in [0.2, 0.25) is 5.02 Å². The summed E-state index contributed by atoms with van der Waals surface area (Å²) in [4.78, 5) is 23.2. The van der Waals surface area contributed by atoms with Gasteiger partial charge in [0.2, 0.25) is 12.0 Å². The Labute approximate surface area is 145 Å². The number of ether oxygens (including phenoxy) is 1. The van der Waals surface area contributed by atoms with Crippen molar-refractivity contribution in [1.29, 1.82) is 0 Å². The third-order valence-corrected chi connectivity index (χ3v) is 3.56. The molecule has 2 amide bonds. The van der Waals surface area contributed by atoms with Crippen LogP contribution in [0.25, 0.3) is 0 Å². The molecular weight excluding hydrogens is 328 g/mol. The van der Waals surface area contributed by atoms with E-state index < -0.39 is 6.10 Å². The van der Waals surface area contributed by atoms with Crippen LogP contribution < -0.4 is 15.8 Å². The predicted molar refractivity (Wildman–Crippen MR) is 92.7 cm³/mol. The van der Waals surface area contributed by atoms with Gasteiger partial charge >= 0.3 is 0 Å². The van der Waals surface area contributed by atoms with Crippen molar-refractivity contribution in [1.82, 2.24) is 5.32 Å². The fourth-order valence-electron chi connectivity index (χ4n) is 2.12. The van der Waals surface area contributed by atoms with E-state index in [1.807, 2.05) is 30.3 Å². The molecule has 126 valence electrons. The molecule has 0 spiro atoms. The number of nitrogens with two attached hydrogens (primary N) is 1. The Bertz CT molecular complexity index is 674. The Kier molecular flexibility index (Phi) is 6.63. The highest BCUT2D eigenvalue weighted by Gasteiger charge is 2.22. The zero-order chi connectivity index (χ0) is 17.4. The van der Waals surface area contributed by atoms with E-state index in [4.69, 9.17) is 22.1 Å². The van der Waals surface area contributed by atoms with Crippen molar-refractivity contribution in [3.8, 4) is 5.75 Å². The fourth-order valence-corrected chi connectivity index (χ4v) is 2.24. The summed E-state index contributed by atoms with van der Waals surface area (Å²) in [7, 11) is 0. The van der Waals surface area contributed by atoms with Crippen LogP contribution >= 0.6 is 11.6 Å². The number of nitrogens with one attached hydrogen (secondary N) is 1. The van der Waals surface area contributed by atoms with Gasteiger partial charge in [-0.05, 0) is 30.7 Å². The van der Waals surface area contributed by atoms with E-state index in [9.17, 15) is 9.59 Å². The molecule has 0 saturated carbocycles. The first kappa shape index (κ1) is 17.8. The highest BCUT2D eigenvalue weighted by Crippen LogP contribution is 2.23. The van der Waals surface area contributed by atoms with Gasteiger partial charge in [-0.25, -0.2) is 0 Å². The minimum Gasteiger partial charge on any atom is -0.476 e. The van der Waals surface area contributed by atoms with Gasteiger partial charge in [0, 0.05) is 23.6 Å². The molecule has 0 aliphatic heterocycles. The molecule has 0 unspecified atom stereocenters. The van der Waals surface area contributed by atoms with E-state index in [1.165, 1.54) is 0 Å². The predicted octanol–water partition coefficient (Wildman–Crippen LogP) is 2.84. The van der Waals surface area contributed by atoms with Crippen LogP contribution in [0, 0.1) is 0 Å². The Morgan fingerprint density at radius 3 is 2.38 bits per heavy atom. The third kappa shape index (κ3) is 5.59. The molecule has 0 aromatic heterocycles. The van der Waals surface area contributed by atoms with E-state index in [1.54, 1.807) is 24.3 Å². The number of hydrogen-bond donors (Lipinski definition) is 2. The Balaban J connectivity index is 2.06. The summed E-state index contributed by atoms with van der Waals surface area (Å²) in [6.07, 6.45) is -0.0707. The summed E-state index contributed by atoms with van der Waals surface area (Å²) in [6, 6.07) is 16.0. The zero-order valence-corrected chi connectivity index (χ0v) is 13.8. The van der Waals surface area contributed by atoms with Crippen molar-refractivity contribution in [3.05, 3.63) is 65.2 Å². The molecule has 6 heteroatoms. The number of carbonyl (C=O) groups excluding carboxylic acids is 2. The molecule has 0 aliphatic carbocycles. The molecule has 2 aromatic rings. The first-order valence-corrected chi connectivity index (χ1v) is 7.97. The van der Waals surface area contributed by atoms with Crippen molar-refractivity contribution >= 4 is 23.4 Å². The van der Waals surface area contributed by atoms with Crippen LogP contribution in [0.4, 0.5) is 0 Å². The highest BCUT2D eigenvalue weighted by molar-refractivity contribution is 6.30. The number of halogens is 1. The fraction of sp³-hybridized carbons (Fsp3) is 0.222. The number of carbonyl (C=O) groups is 2. The summed E-state index contributed by atoms with van der Waals surface area (Å²) >= 11 is 5.87. The van der Waals surface area contributed by atoms with E-state index >= 15 is 0 Å². The lowest BCUT2D eigenvalue weighted by Gasteiger charge is -2.19. The van der Waals surface area contributed by atoms with Crippen molar-refractivity contribution < 1.29 is 14.3 Å². The van der Waals surface area contributed by atoms with E-state index in [0.717, 1.165) is 5.56 Å². The third-order valence-electron chi connectivity index (χ3n) is 3.31. The van der Waals surface area contributed by atoms with Gasteiger partial charge in [0.25, 0.3) is 5.91 Å². The van der Waals surface area contributed by atoms with Gasteiger partial charge in [0.15, 0.2) is 0 Å². The van der Waals surface area contributed by atoms with Gasteiger partial charge in [-0.2, -0.15) is 0 Å². The molecule has 2 aromatic carbocycles. The summed E-state index contributed by atoms with van der Waals surface area (Å²) in [5.41, 5.74) is 5.82. The summed E-state index contributed by atoms with van der Waals surface area (Å²) in [6.45, 7) is 0.356. The lowest BCUT2D eigenvalue weighted by Crippen LogP contribution is -2.33. The first-order valence-electron chi connectivity index (χ1n) is 7.59. The van der Waals surface area contributed by atoms with Gasteiger partial charge in [-0.3, -0.25) is 9.59 Å². The maximum atomic E-state index is 12.5. The second-order valence-electron chi connectivity index (χ2n) is 5.22. The molecule has 0 bridgehead atoms. The standard InChI is InChI=1S/C18H19ClN2O3/c19-14-8-10-15(11-9-14)24-17(13-5-2-1-3-6-13)18(23)21-12-4-7-16(20)22/h1-3,5-6,8-11,17H,4,7,12H2,(H2,20,22)(H,21,23)/t17-/m0/s1. The average Bonchev–Trinajstić information content (AvgIpc) is 2.58. The van der Waals surface area contributed by atoms with Crippen LogP contribution in [0.1, 0.15) is 24.5 Å². The Morgan fingerprint density at radius 1 is 1.08 bits per heavy atom. The maximum absolute atomic E-state index is 12.5. The summed E-state index contributed by atoms with van der Waals surface area (Å²) in [5.74, 6) is -0.123. The number of benzene rings is 2. The number of hydrogen-bond acceptors (Lipinski definition) is 3. The summed E-state index contributed by atoms with van der Waals surface area (Å²) < 4.78 is 5.83. The van der Waals surface area contributed by atoms with Crippen molar-refractivity contribution in [2.75, 3.05) is 6.54 Å². The first-order chi connectivity index (χ1) is 11.6. The smallest absolute Gasteiger partial charge is 0.265 e. The van der Waals surface area contributed by atoms with E-state index in [2.05, 4.69) is 5.32 Å². The lowest BCUT2D eigenvalue weighted by atomic mass is 10.1. The molecule has 0 fully saturated rings. The second-order valence-corrected chi connectivity index (χ2v) is 5.66. The number of rotatable bonds is 8. The molecule has 3 N–H and O–H groups in total. The van der Waals surface area contributed by atoms with E-state index in [-0.39, 0.29) is 18.2 Å². The Morgan fingerprint density at radius 2 is 1.75 bits per heavy atom. The average molecular weight is 347 g/mol. The molecule has 0 heterocycles. The minimum absolute atomic E-state index is 0.230. The van der Waals surface area contributed by atoms with E-state index in [0.29, 0.717) is 23.7 Å². The minimum atomic E-state index is -0.791. The van der Waals surface area contributed by atoms with Gasteiger partial charge in [-0.1, -0.05) is 41.9 Å². The number of amides is 2.